The van der Waals surface area contributed by atoms with Gasteiger partial charge in [0.2, 0.25) is 10.4 Å². The molecule has 0 aliphatic carbocycles. The number of nitrogens with zero attached hydrogens (tertiary/aromatic N) is 1. The van der Waals surface area contributed by atoms with Gasteiger partial charge < -0.3 is 9.04 Å². The zero-order chi connectivity index (χ0) is 37.3. The van der Waals surface area contributed by atoms with Crippen LogP contribution in [0.4, 0.5) is 0 Å². The second kappa shape index (κ2) is 41.6. The lowest BCUT2D eigenvalue weighted by molar-refractivity contribution is -0.929. The molecule has 0 aromatic rings. The number of hydrogen-bond acceptors (Lipinski definition) is 4. The van der Waals surface area contributed by atoms with Crippen LogP contribution in [0.5, 0.6) is 0 Å². The molecular formula is C44H93NO4S. The summed E-state index contributed by atoms with van der Waals surface area (Å²) in [5, 5.41) is 0. The minimum absolute atomic E-state index is 0.0301. The van der Waals surface area contributed by atoms with Crippen molar-refractivity contribution < 1.29 is 21.6 Å². The van der Waals surface area contributed by atoms with Crippen molar-refractivity contribution >= 4 is 10.4 Å². The van der Waals surface area contributed by atoms with Gasteiger partial charge in [-0.1, -0.05) is 195 Å². The van der Waals surface area contributed by atoms with Gasteiger partial charge in [0.1, 0.15) is 0 Å². The highest BCUT2D eigenvalue weighted by molar-refractivity contribution is 7.80. The molecule has 0 amide bonds. The predicted molar refractivity (Wildman–Crippen MR) is 221 cm³/mol. The molecule has 0 N–H and O–H groups in total. The van der Waals surface area contributed by atoms with E-state index in [2.05, 4.69) is 38.8 Å². The molecule has 0 saturated carbocycles. The standard InChI is InChI=1S/C32H68N.C12H26O4S/c1-5-9-13-17-21-25-29-33(30-26-22-18-14-10-6-2,31-27-23-19-15-11-7-3)32-28-24-20-16-12-8-4;1-2-3-4-5-6-7-8-9-10-11-12-16-17(13,14)15/h5-32H2,1-4H3;2-12H2,1H3,(H,13,14,15)/q+1;/p-1. The van der Waals surface area contributed by atoms with Crippen LogP contribution >= 0.6 is 0 Å². The van der Waals surface area contributed by atoms with Gasteiger partial charge in [0.25, 0.3) is 0 Å². The summed E-state index contributed by atoms with van der Waals surface area (Å²) in [5.41, 5.74) is 0. The number of unbranched alkanes of at least 4 members (excludes halogenated alkanes) is 29. The quantitative estimate of drug-likeness (QED) is 0.0272. The predicted octanol–water partition coefficient (Wildman–Crippen LogP) is 14.6. The second-order valence-electron chi connectivity index (χ2n) is 15.7. The Labute approximate surface area is 316 Å². The number of quaternary nitrogens is 1. The van der Waals surface area contributed by atoms with Crippen molar-refractivity contribution in [1.82, 2.24) is 0 Å². The van der Waals surface area contributed by atoms with Gasteiger partial charge in [-0.3, -0.25) is 4.18 Å². The molecule has 0 aliphatic rings. The highest BCUT2D eigenvalue weighted by atomic mass is 32.3. The van der Waals surface area contributed by atoms with Crippen molar-refractivity contribution in [2.45, 2.75) is 253 Å². The van der Waals surface area contributed by atoms with Crippen LogP contribution < -0.4 is 0 Å². The highest BCUT2D eigenvalue weighted by Crippen LogP contribution is 2.21. The zero-order valence-corrected chi connectivity index (χ0v) is 35.9. The van der Waals surface area contributed by atoms with Gasteiger partial charge in [-0.15, -0.1) is 0 Å². The molecule has 0 bridgehead atoms. The lowest BCUT2D eigenvalue weighted by atomic mass is 10.0. The minimum Gasteiger partial charge on any atom is -0.726 e. The molecule has 304 valence electrons. The van der Waals surface area contributed by atoms with Gasteiger partial charge in [-0.2, -0.15) is 0 Å². The summed E-state index contributed by atoms with van der Waals surface area (Å²) in [6.45, 7) is 17.5. The molecule has 0 fully saturated rings. The third kappa shape index (κ3) is 42.2. The fraction of sp³-hybridized carbons (Fsp3) is 1.00. The van der Waals surface area contributed by atoms with Gasteiger partial charge in [0.15, 0.2) is 0 Å². The molecule has 0 atom stereocenters. The summed E-state index contributed by atoms with van der Waals surface area (Å²) >= 11 is 0. The molecule has 0 aliphatic heterocycles. The Balaban J connectivity index is 0. The first-order valence-corrected chi connectivity index (χ1v) is 24.1. The van der Waals surface area contributed by atoms with E-state index in [4.69, 9.17) is 0 Å². The van der Waals surface area contributed by atoms with Gasteiger partial charge in [0.05, 0.1) is 32.8 Å². The Kier molecular flexibility index (Phi) is 43.2. The summed E-state index contributed by atoms with van der Waals surface area (Å²) in [6.07, 6.45) is 46.5. The normalized spacial score (nSPS) is 12.0. The Bertz CT molecular complexity index is 660. The lowest BCUT2D eigenvalue weighted by Crippen LogP contribution is -2.50. The summed E-state index contributed by atoms with van der Waals surface area (Å²) < 4.78 is 35.9. The smallest absolute Gasteiger partial charge is 0.217 e. The Morgan fingerprint density at radius 3 is 0.760 bits per heavy atom. The van der Waals surface area contributed by atoms with E-state index in [1.165, 1.54) is 230 Å². The van der Waals surface area contributed by atoms with Crippen LogP contribution in [0.1, 0.15) is 253 Å². The molecule has 6 heteroatoms. The monoisotopic (exact) mass is 732 g/mol. The van der Waals surface area contributed by atoms with E-state index in [-0.39, 0.29) is 6.61 Å². The maximum Gasteiger partial charge on any atom is 0.217 e. The van der Waals surface area contributed by atoms with Crippen LogP contribution in [0.3, 0.4) is 0 Å². The molecule has 50 heavy (non-hydrogen) atoms. The molecule has 0 saturated heterocycles. The molecule has 5 nitrogen and oxygen atoms in total. The molecule has 0 heterocycles. The maximum absolute atomic E-state index is 10.1. The van der Waals surface area contributed by atoms with Crippen molar-refractivity contribution in [3.05, 3.63) is 0 Å². The third-order valence-electron chi connectivity index (χ3n) is 10.7. The van der Waals surface area contributed by atoms with Crippen LogP contribution in [-0.4, -0.2) is 50.2 Å². The average Bonchev–Trinajstić information content (AvgIpc) is 3.09. The topological polar surface area (TPSA) is 66.4 Å². The van der Waals surface area contributed by atoms with E-state index < -0.39 is 10.4 Å². The SMILES string of the molecule is CCCCCCCCCCCCOS(=O)(=O)[O-].CCCCCCCC[N+](CCCCCCCC)(CCCCCCCC)CCCCCCCC. The summed E-state index contributed by atoms with van der Waals surface area (Å²) in [4.78, 5) is 0. The fourth-order valence-electron chi connectivity index (χ4n) is 7.33. The largest absolute Gasteiger partial charge is 0.726 e. The third-order valence-corrected chi connectivity index (χ3v) is 11.1. The van der Waals surface area contributed by atoms with E-state index in [9.17, 15) is 13.0 Å². The zero-order valence-electron chi connectivity index (χ0n) is 35.1. The fourth-order valence-corrected chi connectivity index (χ4v) is 7.65. The first-order valence-electron chi connectivity index (χ1n) is 22.8. The van der Waals surface area contributed by atoms with Crippen LogP contribution in [0.2, 0.25) is 0 Å². The van der Waals surface area contributed by atoms with Crippen molar-refractivity contribution in [3.8, 4) is 0 Å². The first kappa shape index (κ1) is 51.9. The van der Waals surface area contributed by atoms with Crippen LogP contribution in [0.15, 0.2) is 0 Å². The molecule has 0 aromatic carbocycles. The number of rotatable bonds is 40. The van der Waals surface area contributed by atoms with E-state index >= 15 is 0 Å². The van der Waals surface area contributed by atoms with Crippen molar-refractivity contribution in [3.63, 3.8) is 0 Å². The summed E-state index contributed by atoms with van der Waals surface area (Å²) in [6, 6.07) is 0. The molecule has 0 radical (unpaired) electrons. The minimum atomic E-state index is -4.48. The number of hydrogen-bond donors (Lipinski definition) is 0. The lowest BCUT2D eigenvalue weighted by Gasteiger charge is -2.40. The summed E-state index contributed by atoms with van der Waals surface area (Å²) in [5.74, 6) is 0. The van der Waals surface area contributed by atoms with Crippen molar-refractivity contribution in [2.24, 2.45) is 0 Å². The van der Waals surface area contributed by atoms with Crippen LogP contribution in [0, 0.1) is 0 Å². The van der Waals surface area contributed by atoms with E-state index in [1.54, 1.807) is 0 Å². The van der Waals surface area contributed by atoms with Crippen molar-refractivity contribution in [2.75, 3.05) is 32.8 Å². The molecule has 0 unspecified atom stereocenters. The van der Waals surface area contributed by atoms with Crippen LogP contribution in [0.25, 0.3) is 0 Å². The van der Waals surface area contributed by atoms with E-state index in [1.807, 2.05) is 0 Å². The van der Waals surface area contributed by atoms with E-state index in [0.717, 1.165) is 12.8 Å². The summed E-state index contributed by atoms with van der Waals surface area (Å²) in [7, 11) is -4.48. The maximum atomic E-state index is 10.1. The Hall–Kier alpha value is -0.170. The van der Waals surface area contributed by atoms with Gasteiger partial charge in [-0.25, -0.2) is 8.42 Å². The van der Waals surface area contributed by atoms with Crippen molar-refractivity contribution in [1.29, 1.82) is 0 Å². The molecule has 0 rings (SSSR count). The molecular weight excluding hydrogens is 639 g/mol. The van der Waals surface area contributed by atoms with Gasteiger partial charge in [-0.05, 0) is 57.8 Å². The molecule has 0 spiro atoms. The highest BCUT2D eigenvalue weighted by Gasteiger charge is 2.25. The first-order chi connectivity index (χ1) is 24.3. The van der Waals surface area contributed by atoms with Gasteiger partial charge in [0, 0.05) is 0 Å². The Morgan fingerprint density at radius 2 is 0.540 bits per heavy atom. The Morgan fingerprint density at radius 1 is 0.340 bits per heavy atom. The second-order valence-corrected chi connectivity index (χ2v) is 16.8. The molecule has 0 aromatic heterocycles. The van der Waals surface area contributed by atoms with Gasteiger partial charge >= 0.3 is 0 Å². The van der Waals surface area contributed by atoms with Crippen LogP contribution in [-0.2, 0) is 14.6 Å². The van der Waals surface area contributed by atoms with E-state index in [0.29, 0.717) is 6.42 Å². The average molecular weight is 732 g/mol.